The van der Waals surface area contributed by atoms with Gasteiger partial charge in [0.05, 0.1) is 17.2 Å². The van der Waals surface area contributed by atoms with E-state index in [1.54, 1.807) is 6.07 Å². The van der Waals surface area contributed by atoms with Crippen LogP contribution >= 0.6 is 15.9 Å². The van der Waals surface area contributed by atoms with E-state index in [2.05, 4.69) is 21.2 Å². The molecule has 0 spiro atoms. The first-order valence-electron chi connectivity index (χ1n) is 4.66. The number of hydrogen-bond acceptors (Lipinski definition) is 2. The van der Waals surface area contributed by atoms with Crippen LogP contribution in [0.2, 0.25) is 0 Å². The highest BCUT2D eigenvalue weighted by molar-refractivity contribution is 9.10. The van der Waals surface area contributed by atoms with Gasteiger partial charge in [0, 0.05) is 18.7 Å². The fraction of sp³-hybridized carbons (Fsp3) is 0.400. The van der Waals surface area contributed by atoms with Crippen molar-refractivity contribution in [1.82, 2.24) is 5.32 Å². The average molecular weight is 278 g/mol. The van der Waals surface area contributed by atoms with Crippen LogP contribution in [0.1, 0.15) is 11.7 Å². The second kappa shape index (κ2) is 4.55. The first kappa shape index (κ1) is 11.0. The van der Waals surface area contributed by atoms with Gasteiger partial charge in [-0.05, 0) is 22.0 Å². The van der Waals surface area contributed by atoms with E-state index >= 15 is 0 Å². The largest absolute Gasteiger partial charge is 0.371 e. The monoisotopic (exact) mass is 277 g/mol. The lowest BCUT2D eigenvalue weighted by Crippen LogP contribution is -2.33. The minimum atomic E-state index is -0.860. The number of morpholine rings is 1. The van der Waals surface area contributed by atoms with E-state index in [0.717, 1.165) is 6.54 Å². The van der Waals surface area contributed by atoms with Crippen molar-refractivity contribution in [2.75, 3.05) is 19.7 Å². The predicted molar refractivity (Wildman–Crippen MR) is 55.6 cm³/mol. The molecule has 0 radical (unpaired) electrons. The summed E-state index contributed by atoms with van der Waals surface area (Å²) in [7, 11) is 0. The highest BCUT2D eigenvalue weighted by Gasteiger charge is 2.22. The standard InChI is InChI=1S/C10H10BrF2NO/c11-7-2-1-6(9(12)10(7)13)8-5-14-3-4-15-8/h1-2,8,14H,3-5H2. The molecule has 1 atom stereocenters. The highest BCUT2D eigenvalue weighted by atomic mass is 79.9. The van der Waals surface area contributed by atoms with Gasteiger partial charge in [-0.1, -0.05) is 6.07 Å². The van der Waals surface area contributed by atoms with Gasteiger partial charge in [-0.2, -0.15) is 0 Å². The van der Waals surface area contributed by atoms with Gasteiger partial charge in [-0.25, -0.2) is 8.78 Å². The zero-order valence-electron chi connectivity index (χ0n) is 7.90. The molecular weight excluding hydrogens is 268 g/mol. The Morgan fingerprint density at radius 1 is 1.33 bits per heavy atom. The van der Waals surface area contributed by atoms with Crippen LogP contribution in [-0.4, -0.2) is 19.7 Å². The Bertz CT molecular complexity index is 367. The molecule has 1 unspecified atom stereocenters. The van der Waals surface area contributed by atoms with Crippen LogP contribution in [-0.2, 0) is 4.74 Å². The second-order valence-corrected chi connectivity index (χ2v) is 4.18. The molecule has 2 nitrogen and oxygen atoms in total. The van der Waals surface area contributed by atoms with Crippen molar-refractivity contribution in [3.8, 4) is 0 Å². The summed E-state index contributed by atoms with van der Waals surface area (Å²) in [6, 6.07) is 3.03. The third kappa shape index (κ3) is 2.19. The quantitative estimate of drug-likeness (QED) is 0.796. The third-order valence-electron chi connectivity index (χ3n) is 2.34. The molecule has 0 aliphatic carbocycles. The number of halogens is 3. The first-order valence-corrected chi connectivity index (χ1v) is 5.45. The van der Waals surface area contributed by atoms with Gasteiger partial charge in [0.2, 0.25) is 0 Å². The van der Waals surface area contributed by atoms with Crippen molar-refractivity contribution >= 4 is 15.9 Å². The van der Waals surface area contributed by atoms with Gasteiger partial charge in [0.15, 0.2) is 11.6 Å². The van der Waals surface area contributed by atoms with Gasteiger partial charge in [-0.15, -0.1) is 0 Å². The Hall–Kier alpha value is -0.520. The van der Waals surface area contributed by atoms with E-state index in [1.807, 2.05) is 0 Å². The predicted octanol–water partition coefficient (Wildman–Crippen LogP) is 2.39. The Balaban J connectivity index is 2.31. The number of rotatable bonds is 1. The van der Waals surface area contributed by atoms with E-state index in [4.69, 9.17) is 4.74 Å². The van der Waals surface area contributed by atoms with Crippen molar-refractivity contribution in [3.05, 3.63) is 33.8 Å². The summed E-state index contributed by atoms with van der Waals surface area (Å²) in [6.45, 7) is 1.77. The average Bonchev–Trinajstić information content (AvgIpc) is 2.27. The van der Waals surface area contributed by atoms with Crippen molar-refractivity contribution < 1.29 is 13.5 Å². The summed E-state index contributed by atoms with van der Waals surface area (Å²) < 4.78 is 32.3. The summed E-state index contributed by atoms with van der Waals surface area (Å²) >= 11 is 2.93. The SMILES string of the molecule is Fc1c(Br)ccc(C2CNCCO2)c1F. The molecule has 2 rings (SSSR count). The van der Waals surface area contributed by atoms with E-state index in [0.29, 0.717) is 13.2 Å². The summed E-state index contributed by atoms with van der Waals surface area (Å²) in [5.41, 5.74) is 0.267. The maximum Gasteiger partial charge on any atom is 0.173 e. The van der Waals surface area contributed by atoms with Gasteiger partial charge in [0.25, 0.3) is 0 Å². The Morgan fingerprint density at radius 2 is 2.13 bits per heavy atom. The normalized spacial score (nSPS) is 21.7. The van der Waals surface area contributed by atoms with Gasteiger partial charge in [-0.3, -0.25) is 0 Å². The minimum Gasteiger partial charge on any atom is -0.371 e. The minimum absolute atomic E-state index is 0.132. The Kier molecular flexibility index (Phi) is 3.33. The fourth-order valence-corrected chi connectivity index (χ4v) is 1.86. The lowest BCUT2D eigenvalue weighted by atomic mass is 10.1. The lowest BCUT2D eigenvalue weighted by Gasteiger charge is -2.24. The molecular formula is C10H10BrF2NO. The molecule has 1 saturated heterocycles. The molecule has 1 aliphatic heterocycles. The van der Waals surface area contributed by atoms with Crippen molar-refractivity contribution in [2.45, 2.75) is 6.10 Å². The lowest BCUT2D eigenvalue weighted by molar-refractivity contribution is 0.0251. The highest BCUT2D eigenvalue weighted by Crippen LogP contribution is 2.27. The molecule has 1 aromatic rings. The topological polar surface area (TPSA) is 21.3 Å². The molecule has 1 aliphatic rings. The maximum absolute atomic E-state index is 13.5. The van der Waals surface area contributed by atoms with Crippen molar-refractivity contribution in [3.63, 3.8) is 0 Å². The number of nitrogens with one attached hydrogen (secondary N) is 1. The Morgan fingerprint density at radius 3 is 2.80 bits per heavy atom. The van der Waals surface area contributed by atoms with Crippen LogP contribution in [0.5, 0.6) is 0 Å². The van der Waals surface area contributed by atoms with E-state index in [1.165, 1.54) is 6.07 Å². The smallest absolute Gasteiger partial charge is 0.173 e. The van der Waals surface area contributed by atoms with Crippen LogP contribution in [0, 0.1) is 11.6 Å². The molecule has 1 heterocycles. The van der Waals surface area contributed by atoms with E-state index in [-0.39, 0.29) is 10.0 Å². The molecule has 82 valence electrons. The molecule has 1 N–H and O–H groups in total. The van der Waals surface area contributed by atoms with Crippen LogP contribution in [0.3, 0.4) is 0 Å². The van der Waals surface area contributed by atoms with Crippen LogP contribution in [0.4, 0.5) is 8.78 Å². The van der Waals surface area contributed by atoms with Crippen LogP contribution < -0.4 is 5.32 Å². The number of hydrogen-bond donors (Lipinski definition) is 1. The van der Waals surface area contributed by atoms with E-state index < -0.39 is 17.7 Å². The molecule has 0 saturated carbocycles. The summed E-state index contributed by atoms with van der Waals surface area (Å²) in [6.07, 6.45) is -0.402. The van der Waals surface area contributed by atoms with Crippen molar-refractivity contribution in [1.29, 1.82) is 0 Å². The molecule has 0 amide bonds. The zero-order chi connectivity index (χ0) is 10.8. The molecule has 0 bridgehead atoms. The third-order valence-corrected chi connectivity index (χ3v) is 2.95. The van der Waals surface area contributed by atoms with Crippen molar-refractivity contribution in [2.24, 2.45) is 0 Å². The number of ether oxygens (including phenoxy) is 1. The maximum atomic E-state index is 13.5. The van der Waals surface area contributed by atoms with Gasteiger partial charge < -0.3 is 10.1 Å². The molecule has 5 heteroatoms. The summed E-state index contributed by atoms with van der Waals surface area (Å²) in [4.78, 5) is 0. The molecule has 1 fully saturated rings. The summed E-state index contributed by atoms with van der Waals surface area (Å²) in [5, 5.41) is 3.07. The van der Waals surface area contributed by atoms with Crippen LogP contribution in [0.25, 0.3) is 0 Å². The second-order valence-electron chi connectivity index (χ2n) is 3.33. The molecule has 0 aromatic heterocycles. The van der Waals surface area contributed by atoms with Gasteiger partial charge >= 0.3 is 0 Å². The first-order chi connectivity index (χ1) is 7.20. The fourth-order valence-electron chi connectivity index (χ4n) is 1.55. The zero-order valence-corrected chi connectivity index (χ0v) is 9.48. The molecule has 1 aromatic carbocycles. The van der Waals surface area contributed by atoms with E-state index in [9.17, 15) is 8.78 Å². The Labute approximate surface area is 94.7 Å². The molecule has 15 heavy (non-hydrogen) atoms. The number of benzene rings is 1. The van der Waals surface area contributed by atoms with Crippen LogP contribution in [0.15, 0.2) is 16.6 Å². The summed E-state index contributed by atoms with van der Waals surface area (Å²) in [5.74, 6) is -1.69. The van der Waals surface area contributed by atoms with Gasteiger partial charge in [0.1, 0.15) is 0 Å².